The van der Waals surface area contributed by atoms with Crippen molar-refractivity contribution in [3.8, 4) is 0 Å². The molecule has 0 aliphatic heterocycles. The van der Waals surface area contributed by atoms with E-state index in [1.807, 2.05) is 0 Å². The molecule has 8 heteroatoms. The number of esters is 2. The van der Waals surface area contributed by atoms with Crippen LogP contribution in [0.25, 0.3) is 0 Å². The summed E-state index contributed by atoms with van der Waals surface area (Å²) in [7, 11) is 0. The molecule has 0 fully saturated rings. The Balaban J connectivity index is -0.000000233. The van der Waals surface area contributed by atoms with Gasteiger partial charge in [-0.05, 0) is 0 Å². The zero-order valence-corrected chi connectivity index (χ0v) is 10.7. The van der Waals surface area contributed by atoms with E-state index in [2.05, 4.69) is 9.47 Å². The van der Waals surface area contributed by atoms with E-state index in [-0.39, 0.29) is 51.6 Å². The molecule has 0 bridgehead atoms. The molecule has 0 aliphatic carbocycles. The van der Waals surface area contributed by atoms with Gasteiger partial charge in [0.05, 0.1) is 26.4 Å². The van der Waals surface area contributed by atoms with Crippen molar-refractivity contribution < 1.29 is 39.5 Å². The number of carbonyl (C=O) groups is 2. The summed E-state index contributed by atoms with van der Waals surface area (Å²) in [6.45, 7) is 2.37. The third kappa shape index (κ3) is 46.4. The van der Waals surface area contributed by atoms with E-state index in [1.165, 1.54) is 13.8 Å². The maximum atomic E-state index is 10.1. The minimum absolute atomic E-state index is 0.125. The average molecular weight is 270 g/mol. The van der Waals surface area contributed by atoms with Gasteiger partial charge < -0.3 is 29.9 Å². The predicted molar refractivity (Wildman–Crippen MR) is 61.6 cm³/mol. The summed E-state index contributed by atoms with van der Waals surface area (Å²) in [5, 5.41) is 30.5. The van der Waals surface area contributed by atoms with Crippen molar-refractivity contribution in [2.24, 2.45) is 0 Å². The SMILES string of the molecule is CC(=O)OCCOC(C)=O.OCCO.OCCO. The minimum Gasteiger partial charge on any atom is -0.462 e. The molecule has 18 heavy (non-hydrogen) atoms. The first-order chi connectivity index (χ1) is 8.45. The predicted octanol–water partition coefficient (Wildman–Crippen LogP) is -1.95. The molecule has 0 atom stereocenters. The first-order valence-corrected chi connectivity index (χ1v) is 5.16. The second-order valence-electron chi connectivity index (χ2n) is 2.57. The zero-order chi connectivity index (χ0) is 14.8. The number of hydrogen-bond donors (Lipinski definition) is 4. The van der Waals surface area contributed by atoms with Crippen LogP contribution in [0, 0.1) is 0 Å². The summed E-state index contributed by atoms with van der Waals surface area (Å²) >= 11 is 0. The molecule has 0 rings (SSSR count). The van der Waals surface area contributed by atoms with Crippen molar-refractivity contribution in [2.75, 3.05) is 39.6 Å². The summed E-state index contributed by atoms with van der Waals surface area (Å²) < 4.78 is 8.95. The summed E-state index contributed by atoms with van der Waals surface area (Å²) in [5.41, 5.74) is 0. The highest BCUT2D eigenvalue weighted by molar-refractivity contribution is 5.66. The molecule has 4 N–H and O–H groups in total. The Morgan fingerprint density at radius 2 is 0.944 bits per heavy atom. The van der Waals surface area contributed by atoms with E-state index in [0.29, 0.717) is 0 Å². The van der Waals surface area contributed by atoms with E-state index < -0.39 is 0 Å². The van der Waals surface area contributed by atoms with Crippen LogP contribution in [0.2, 0.25) is 0 Å². The van der Waals surface area contributed by atoms with Gasteiger partial charge in [0.1, 0.15) is 13.2 Å². The van der Waals surface area contributed by atoms with Gasteiger partial charge in [0, 0.05) is 13.8 Å². The van der Waals surface area contributed by atoms with E-state index >= 15 is 0 Å². The molecule has 0 aromatic carbocycles. The van der Waals surface area contributed by atoms with E-state index in [1.54, 1.807) is 0 Å². The lowest BCUT2D eigenvalue weighted by Crippen LogP contribution is -2.09. The van der Waals surface area contributed by atoms with Gasteiger partial charge >= 0.3 is 11.9 Å². The molecule has 0 unspecified atom stereocenters. The topological polar surface area (TPSA) is 134 Å². The fraction of sp³-hybridized carbons (Fsp3) is 0.800. The Morgan fingerprint density at radius 3 is 1.06 bits per heavy atom. The van der Waals surface area contributed by atoms with E-state index in [9.17, 15) is 9.59 Å². The van der Waals surface area contributed by atoms with Crippen LogP contribution >= 0.6 is 0 Å². The summed E-state index contributed by atoms with van der Waals surface area (Å²) in [4.78, 5) is 20.3. The number of hydrogen-bond acceptors (Lipinski definition) is 8. The van der Waals surface area contributed by atoms with E-state index in [4.69, 9.17) is 20.4 Å². The van der Waals surface area contributed by atoms with Crippen molar-refractivity contribution in [3.63, 3.8) is 0 Å². The van der Waals surface area contributed by atoms with Crippen molar-refractivity contribution in [1.29, 1.82) is 0 Å². The third-order valence-electron chi connectivity index (χ3n) is 0.894. The maximum Gasteiger partial charge on any atom is 0.302 e. The van der Waals surface area contributed by atoms with Gasteiger partial charge in [-0.3, -0.25) is 9.59 Å². The highest BCUT2D eigenvalue weighted by Crippen LogP contribution is 1.79. The lowest BCUT2D eigenvalue weighted by atomic mass is 10.7. The van der Waals surface area contributed by atoms with Gasteiger partial charge in [0.25, 0.3) is 0 Å². The Hall–Kier alpha value is -1.22. The van der Waals surface area contributed by atoms with Gasteiger partial charge in [-0.1, -0.05) is 0 Å². The Morgan fingerprint density at radius 1 is 0.722 bits per heavy atom. The molecular weight excluding hydrogens is 248 g/mol. The van der Waals surface area contributed by atoms with Crippen LogP contribution in [0.4, 0.5) is 0 Å². The third-order valence-corrected chi connectivity index (χ3v) is 0.894. The molecule has 0 saturated heterocycles. The molecule has 8 nitrogen and oxygen atoms in total. The normalized spacial score (nSPS) is 8.11. The number of rotatable bonds is 5. The molecule has 0 aromatic heterocycles. The highest BCUT2D eigenvalue weighted by Gasteiger charge is 1.94. The number of aliphatic hydroxyl groups is 4. The van der Waals surface area contributed by atoms with Crippen molar-refractivity contribution >= 4 is 11.9 Å². The fourth-order valence-corrected chi connectivity index (χ4v) is 0.371. The first-order valence-electron chi connectivity index (χ1n) is 5.16. The lowest BCUT2D eigenvalue weighted by molar-refractivity contribution is -0.149. The molecule has 0 saturated carbocycles. The second-order valence-corrected chi connectivity index (χ2v) is 2.57. The average Bonchev–Trinajstić information content (AvgIpc) is 2.35. The van der Waals surface area contributed by atoms with Crippen LogP contribution in [-0.2, 0) is 19.1 Å². The maximum absolute atomic E-state index is 10.1. The van der Waals surface area contributed by atoms with Gasteiger partial charge in [0.2, 0.25) is 0 Å². The van der Waals surface area contributed by atoms with Crippen LogP contribution in [0.5, 0.6) is 0 Å². The Bertz CT molecular complexity index is 159. The molecule has 0 aliphatic rings. The summed E-state index contributed by atoms with van der Waals surface area (Å²) in [5.74, 6) is -0.737. The molecule has 110 valence electrons. The minimum atomic E-state index is -0.368. The monoisotopic (exact) mass is 270 g/mol. The molecule has 0 amide bonds. The van der Waals surface area contributed by atoms with Gasteiger partial charge in [-0.15, -0.1) is 0 Å². The van der Waals surface area contributed by atoms with Gasteiger partial charge in [-0.2, -0.15) is 0 Å². The molecule has 0 spiro atoms. The van der Waals surface area contributed by atoms with Crippen LogP contribution in [0.1, 0.15) is 13.8 Å². The fourth-order valence-electron chi connectivity index (χ4n) is 0.371. The van der Waals surface area contributed by atoms with Crippen molar-refractivity contribution in [1.82, 2.24) is 0 Å². The smallest absolute Gasteiger partial charge is 0.302 e. The number of aliphatic hydroxyl groups excluding tert-OH is 4. The van der Waals surface area contributed by atoms with Crippen LogP contribution in [0.15, 0.2) is 0 Å². The molecule has 0 aromatic rings. The van der Waals surface area contributed by atoms with E-state index in [0.717, 1.165) is 0 Å². The van der Waals surface area contributed by atoms with Gasteiger partial charge in [0.15, 0.2) is 0 Å². The zero-order valence-electron chi connectivity index (χ0n) is 10.7. The largest absolute Gasteiger partial charge is 0.462 e. The first kappa shape index (κ1) is 22.0. The highest BCUT2D eigenvalue weighted by atomic mass is 16.6. The van der Waals surface area contributed by atoms with Crippen LogP contribution < -0.4 is 0 Å². The Labute approximate surface area is 106 Å². The molecule has 0 heterocycles. The van der Waals surface area contributed by atoms with Gasteiger partial charge in [-0.25, -0.2) is 0 Å². The quantitative estimate of drug-likeness (QED) is 0.335. The number of carbonyl (C=O) groups excluding carboxylic acids is 2. The lowest BCUT2D eigenvalue weighted by Gasteiger charge is -2.00. The van der Waals surface area contributed by atoms with Crippen LogP contribution in [0.3, 0.4) is 0 Å². The second kappa shape index (κ2) is 21.1. The Kier molecular flexibility index (Phi) is 25.8. The van der Waals surface area contributed by atoms with Crippen molar-refractivity contribution in [2.45, 2.75) is 13.8 Å². The molecule has 0 radical (unpaired) electrons. The van der Waals surface area contributed by atoms with Crippen LogP contribution in [-0.4, -0.2) is 72.0 Å². The summed E-state index contributed by atoms with van der Waals surface area (Å²) in [6, 6.07) is 0. The van der Waals surface area contributed by atoms with Crippen molar-refractivity contribution in [3.05, 3.63) is 0 Å². The number of ether oxygens (including phenoxy) is 2. The standard InChI is InChI=1S/C6H10O4.2C2H6O2/c1-5(7)9-3-4-10-6(2)8;2*3-1-2-4/h3-4H2,1-2H3;2*3-4H,1-2H2. The molecular formula is C10H22O8. The summed E-state index contributed by atoms with van der Waals surface area (Å²) in [6.07, 6.45) is 0.